The van der Waals surface area contributed by atoms with Crippen molar-refractivity contribution in [2.75, 3.05) is 19.7 Å². The predicted octanol–water partition coefficient (Wildman–Crippen LogP) is 3.00. The molecule has 1 aliphatic rings. The van der Waals surface area contributed by atoms with Gasteiger partial charge in [0, 0.05) is 38.1 Å². The molecule has 1 atom stereocenters. The fourth-order valence-electron chi connectivity index (χ4n) is 2.92. The Morgan fingerprint density at radius 2 is 2.27 bits per heavy atom. The van der Waals surface area contributed by atoms with Gasteiger partial charge in [-0.25, -0.2) is 4.79 Å². The quantitative estimate of drug-likeness (QED) is 0.842. The van der Waals surface area contributed by atoms with E-state index in [0.717, 1.165) is 32.5 Å². The molecule has 1 aromatic rings. The Morgan fingerprint density at radius 1 is 1.41 bits per heavy atom. The van der Waals surface area contributed by atoms with Crippen molar-refractivity contribution in [1.82, 2.24) is 14.8 Å². The number of ether oxygens (including phenoxy) is 1. The third-order valence-electron chi connectivity index (χ3n) is 4.24. The normalized spacial score (nSPS) is 19.1. The highest BCUT2D eigenvalue weighted by Crippen LogP contribution is 2.20. The van der Waals surface area contributed by atoms with Crippen LogP contribution in [-0.4, -0.2) is 41.3 Å². The molecule has 1 aliphatic heterocycles. The molecule has 0 saturated carbocycles. The molecule has 5 heteroatoms. The van der Waals surface area contributed by atoms with Crippen LogP contribution >= 0.6 is 0 Å². The van der Waals surface area contributed by atoms with Crippen LogP contribution < -0.4 is 5.32 Å². The lowest BCUT2D eigenvalue weighted by atomic mass is 10.0. The summed E-state index contributed by atoms with van der Waals surface area (Å²) in [6.07, 6.45) is 8.53. The van der Waals surface area contributed by atoms with Gasteiger partial charge in [-0.1, -0.05) is 13.3 Å². The molecule has 1 unspecified atom stereocenters. The first-order valence-corrected chi connectivity index (χ1v) is 8.52. The molecule has 2 rings (SSSR count). The van der Waals surface area contributed by atoms with Gasteiger partial charge in [0.05, 0.1) is 0 Å². The van der Waals surface area contributed by atoms with Gasteiger partial charge < -0.3 is 14.6 Å². The Kier molecular flexibility index (Phi) is 6.77. The van der Waals surface area contributed by atoms with Crippen molar-refractivity contribution in [3.05, 3.63) is 24.0 Å². The number of nitrogens with one attached hydrogen (secondary N) is 1. The smallest absolute Gasteiger partial charge is 0.407 e. The number of carbonyl (C=O) groups is 1. The van der Waals surface area contributed by atoms with Gasteiger partial charge in [0.1, 0.15) is 6.61 Å². The molecule has 22 heavy (non-hydrogen) atoms. The number of alkyl carbamates (subject to hydrolysis) is 1. The number of aromatic nitrogens is 1. The SMILES string of the molecule is CCCNC(=O)OCC1CCCCN1Cc1ccn(CC)c1. The lowest BCUT2D eigenvalue weighted by Gasteiger charge is -2.35. The predicted molar refractivity (Wildman–Crippen MR) is 87.8 cm³/mol. The third-order valence-corrected chi connectivity index (χ3v) is 4.24. The summed E-state index contributed by atoms with van der Waals surface area (Å²) in [4.78, 5) is 14.0. The summed E-state index contributed by atoms with van der Waals surface area (Å²) in [6, 6.07) is 2.52. The Labute approximate surface area is 133 Å². The van der Waals surface area contributed by atoms with E-state index in [-0.39, 0.29) is 6.09 Å². The standard InChI is InChI=1S/C17H29N3O2/c1-3-9-18-17(21)22-14-16-7-5-6-10-20(16)13-15-8-11-19(4-2)12-15/h8,11-12,16H,3-7,9-10,13-14H2,1-2H3,(H,18,21). The lowest BCUT2D eigenvalue weighted by molar-refractivity contribution is 0.0640. The van der Waals surface area contributed by atoms with E-state index in [2.05, 4.69) is 40.2 Å². The second-order valence-corrected chi connectivity index (χ2v) is 6.00. The summed E-state index contributed by atoms with van der Waals surface area (Å²) in [5.74, 6) is 0. The van der Waals surface area contributed by atoms with E-state index in [1.54, 1.807) is 0 Å². The molecule has 124 valence electrons. The van der Waals surface area contributed by atoms with Gasteiger partial charge in [-0.15, -0.1) is 0 Å². The summed E-state index contributed by atoms with van der Waals surface area (Å²) in [6.45, 7) is 8.38. The molecule has 0 spiro atoms. The molecule has 0 aliphatic carbocycles. The van der Waals surface area contributed by atoms with Gasteiger partial charge in [0.2, 0.25) is 0 Å². The van der Waals surface area contributed by atoms with E-state index in [9.17, 15) is 4.79 Å². The van der Waals surface area contributed by atoms with E-state index in [0.29, 0.717) is 19.2 Å². The summed E-state index contributed by atoms with van der Waals surface area (Å²) in [5, 5.41) is 2.76. The zero-order chi connectivity index (χ0) is 15.8. The van der Waals surface area contributed by atoms with Crippen LogP contribution in [0.15, 0.2) is 18.5 Å². The van der Waals surface area contributed by atoms with Crippen LogP contribution in [-0.2, 0) is 17.8 Å². The van der Waals surface area contributed by atoms with E-state index < -0.39 is 0 Å². The summed E-state index contributed by atoms with van der Waals surface area (Å²) >= 11 is 0. The first-order valence-electron chi connectivity index (χ1n) is 8.52. The number of aryl methyl sites for hydroxylation is 1. The molecule has 2 heterocycles. The van der Waals surface area contributed by atoms with Crippen molar-refractivity contribution in [2.24, 2.45) is 0 Å². The van der Waals surface area contributed by atoms with Crippen LogP contribution in [0.3, 0.4) is 0 Å². The van der Waals surface area contributed by atoms with Crippen LogP contribution in [0.25, 0.3) is 0 Å². The lowest BCUT2D eigenvalue weighted by Crippen LogP contribution is -2.43. The summed E-state index contributed by atoms with van der Waals surface area (Å²) in [5.41, 5.74) is 1.34. The minimum Gasteiger partial charge on any atom is -0.448 e. The van der Waals surface area contributed by atoms with Crippen molar-refractivity contribution in [3.8, 4) is 0 Å². The number of nitrogens with zero attached hydrogens (tertiary/aromatic N) is 2. The van der Waals surface area contributed by atoms with Gasteiger partial charge in [-0.05, 0) is 44.4 Å². The highest BCUT2D eigenvalue weighted by Gasteiger charge is 2.24. The van der Waals surface area contributed by atoms with Crippen molar-refractivity contribution < 1.29 is 9.53 Å². The van der Waals surface area contributed by atoms with Crippen molar-refractivity contribution in [3.63, 3.8) is 0 Å². The Balaban J connectivity index is 1.83. The van der Waals surface area contributed by atoms with E-state index in [1.165, 1.54) is 18.4 Å². The zero-order valence-corrected chi connectivity index (χ0v) is 13.9. The molecule has 5 nitrogen and oxygen atoms in total. The number of piperidine rings is 1. The van der Waals surface area contributed by atoms with Crippen LogP contribution in [0.2, 0.25) is 0 Å². The summed E-state index contributed by atoms with van der Waals surface area (Å²) in [7, 11) is 0. The van der Waals surface area contributed by atoms with Crippen molar-refractivity contribution in [2.45, 2.75) is 58.7 Å². The molecular formula is C17H29N3O2. The largest absolute Gasteiger partial charge is 0.448 e. The first kappa shape index (κ1) is 16.9. The zero-order valence-electron chi connectivity index (χ0n) is 13.9. The number of rotatable bonds is 7. The molecule has 1 N–H and O–H groups in total. The molecule has 1 fully saturated rings. The number of amides is 1. The second kappa shape index (κ2) is 8.83. The number of hydrogen-bond donors (Lipinski definition) is 1. The molecule has 0 radical (unpaired) electrons. The van der Waals surface area contributed by atoms with Gasteiger partial charge in [-0.3, -0.25) is 4.90 Å². The monoisotopic (exact) mass is 307 g/mol. The molecule has 1 amide bonds. The minimum atomic E-state index is -0.287. The highest BCUT2D eigenvalue weighted by molar-refractivity contribution is 5.67. The highest BCUT2D eigenvalue weighted by atomic mass is 16.5. The number of carbonyl (C=O) groups excluding carboxylic acids is 1. The topological polar surface area (TPSA) is 46.5 Å². The molecule has 0 bridgehead atoms. The second-order valence-electron chi connectivity index (χ2n) is 6.00. The maximum atomic E-state index is 11.6. The fourth-order valence-corrected chi connectivity index (χ4v) is 2.92. The van der Waals surface area contributed by atoms with Crippen molar-refractivity contribution >= 4 is 6.09 Å². The van der Waals surface area contributed by atoms with Gasteiger partial charge >= 0.3 is 6.09 Å². The van der Waals surface area contributed by atoms with E-state index in [1.807, 2.05) is 6.92 Å². The number of likely N-dealkylation sites (tertiary alicyclic amines) is 1. The minimum absolute atomic E-state index is 0.287. The molecular weight excluding hydrogens is 278 g/mol. The van der Waals surface area contributed by atoms with Crippen molar-refractivity contribution in [1.29, 1.82) is 0 Å². The van der Waals surface area contributed by atoms with Crippen LogP contribution in [0.1, 0.15) is 45.1 Å². The van der Waals surface area contributed by atoms with Crippen LogP contribution in [0, 0.1) is 0 Å². The van der Waals surface area contributed by atoms with Gasteiger partial charge in [0.15, 0.2) is 0 Å². The first-order chi connectivity index (χ1) is 10.7. The Bertz CT molecular complexity index is 459. The van der Waals surface area contributed by atoms with E-state index >= 15 is 0 Å². The van der Waals surface area contributed by atoms with E-state index in [4.69, 9.17) is 4.74 Å². The Hall–Kier alpha value is -1.49. The van der Waals surface area contributed by atoms with Gasteiger partial charge in [-0.2, -0.15) is 0 Å². The van der Waals surface area contributed by atoms with Gasteiger partial charge in [0.25, 0.3) is 0 Å². The average Bonchev–Trinajstić information content (AvgIpc) is 2.99. The van der Waals surface area contributed by atoms with Crippen LogP contribution in [0.5, 0.6) is 0 Å². The Morgan fingerprint density at radius 3 is 3.00 bits per heavy atom. The fraction of sp³-hybridized carbons (Fsp3) is 0.706. The molecule has 1 aromatic heterocycles. The molecule has 0 aromatic carbocycles. The number of hydrogen-bond acceptors (Lipinski definition) is 3. The maximum Gasteiger partial charge on any atom is 0.407 e. The maximum absolute atomic E-state index is 11.6. The third kappa shape index (κ3) is 5.05. The average molecular weight is 307 g/mol. The van der Waals surface area contributed by atoms with Crippen LogP contribution in [0.4, 0.5) is 4.79 Å². The summed E-state index contributed by atoms with van der Waals surface area (Å²) < 4.78 is 7.58. The molecule has 1 saturated heterocycles.